The number of methoxy groups -OCH3 is 1. The average Bonchev–Trinajstić information content (AvgIpc) is 3.03. The van der Waals surface area contributed by atoms with Crippen molar-refractivity contribution in [2.45, 2.75) is 109 Å². The molecule has 2 aromatic rings. The number of carbonyl (C=O) groups is 4. The van der Waals surface area contributed by atoms with Crippen LogP contribution in [0.4, 0.5) is 4.79 Å². The van der Waals surface area contributed by atoms with Gasteiger partial charge in [-0.1, -0.05) is 76.2 Å². The van der Waals surface area contributed by atoms with Crippen molar-refractivity contribution in [1.29, 1.82) is 0 Å². The van der Waals surface area contributed by atoms with Crippen molar-refractivity contribution in [1.82, 2.24) is 15.1 Å². The molecule has 0 spiro atoms. The van der Waals surface area contributed by atoms with E-state index in [-0.39, 0.29) is 11.5 Å². The van der Waals surface area contributed by atoms with Crippen molar-refractivity contribution in [3.63, 3.8) is 0 Å². The quantitative estimate of drug-likeness (QED) is 0.191. The summed E-state index contributed by atoms with van der Waals surface area (Å²) in [5.74, 6) is -0.875. The minimum atomic E-state index is -1.09. The topological polar surface area (TPSA) is 125 Å². The zero-order valence-corrected chi connectivity index (χ0v) is 32.8. The van der Waals surface area contributed by atoms with Crippen LogP contribution >= 0.6 is 11.8 Å². The first-order valence-corrected chi connectivity index (χ1v) is 17.8. The van der Waals surface area contributed by atoms with Crippen LogP contribution in [0.15, 0.2) is 66.2 Å². The van der Waals surface area contributed by atoms with E-state index < -0.39 is 57.8 Å². The third-order valence-corrected chi connectivity index (χ3v) is 10.2. The molecule has 0 saturated carbocycles. The molecule has 0 aliphatic rings. The van der Waals surface area contributed by atoms with Gasteiger partial charge in [0.15, 0.2) is 0 Å². The molecule has 0 aliphatic heterocycles. The van der Waals surface area contributed by atoms with E-state index in [2.05, 4.69) is 5.32 Å². The molecular weight excluding hydrogens is 655 g/mol. The van der Waals surface area contributed by atoms with Crippen LogP contribution in [0, 0.1) is 5.92 Å². The molecule has 2 N–H and O–H groups in total. The molecule has 10 nitrogen and oxygen atoms in total. The van der Waals surface area contributed by atoms with Crippen LogP contribution in [0.25, 0.3) is 0 Å². The molecule has 0 saturated heterocycles. The highest BCUT2D eigenvalue weighted by Gasteiger charge is 2.47. The van der Waals surface area contributed by atoms with E-state index in [0.29, 0.717) is 5.75 Å². The number of carbonyl (C=O) groups excluding carboxylic acids is 3. The van der Waals surface area contributed by atoms with Crippen LogP contribution in [-0.2, 0) is 30.3 Å². The molecule has 0 heterocycles. The van der Waals surface area contributed by atoms with Gasteiger partial charge < -0.3 is 24.8 Å². The summed E-state index contributed by atoms with van der Waals surface area (Å²) in [5.41, 5.74) is 0.206. The summed E-state index contributed by atoms with van der Waals surface area (Å²) in [6, 6.07) is 14.3. The number of thioether (sulfide) groups is 1. The zero-order chi connectivity index (χ0) is 38.2. The number of aliphatic carboxylic acids is 1. The average molecular weight is 712 g/mol. The van der Waals surface area contributed by atoms with Crippen LogP contribution in [0.3, 0.4) is 0 Å². The van der Waals surface area contributed by atoms with Gasteiger partial charge in [0.2, 0.25) is 11.8 Å². The van der Waals surface area contributed by atoms with E-state index in [1.165, 1.54) is 35.5 Å². The largest absolute Gasteiger partial charge is 0.497 e. The lowest BCUT2D eigenvalue weighted by atomic mass is 9.76. The van der Waals surface area contributed by atoms with Gasteiger partial charge in [0.1, 0.15) is 23.4 Å². The number of amides is 3. The molecule has 2 rings (SSSR count). The number of benzene rings is 2. The molecule has 0 aromatic heterocycles. The Balaban J connectivity index is 2.67. The number of nitrogens with zero attached hydrogens (tertiary/aromatic N) is 2. The summed E-state index contributed by atoms with van der Waals surface area (Å²) in [4.78, 5) is 57.5. The smallest absolute Gasteiger partial charge is 0.410 e. The van der Waals surface area contributed by atoms with E-state index in [4.69, 9.17) is 9.47 Å². The fourth-order valence-electron chi connectivity index (χ4n) is 5.71. The van der Waals surface area contributed by atoms with Gasteiger partial charge in [0, 0.05) is 35.6 Å². The Bertz CT molecular complexity index is 1500. The molecule has 0 aliphatic carbocycles. The van der Waals surface area contributed by atoms with Crippen LogP contribution < -0.4 is 10.1 Å². The minimum Gasteiger partial charge on any atom is -0.497 e. The molecule has 3 amide bonds. The number of hydrogen-bond acceptors (Lipinski definition) is 7. The molecule has 276 valence electrons. The van der Waals surface area contributed by atoms with E-state index in [9.17, 15) is 24.3 Å². The van der Waals surface area contributed by atoms with Crippen molar-refractivity contribution in [3.8, 4) is 5.75 Å². The SMILES string of the molecule is COc1ccc(CSC(C)(C)[C@H](NC(=O)[C@@H](N(C)C(=O)OC(C)(C)C)C(C)(C)c2ccccc2)C(=O)N(C)[C@H](/C=C(\C)C(=O)O)C(C)C)cc1. The normalized spacial score (nSPS) is 14.3. The number of ether oxygens (including phenoxy) is 2. The first-order valence-electron chi connectivity index (χ1n) is 16.8. The van der Waals surface area contributed by atoms with Crippen molar-refractivity contribution >= 4 is 35.6 Å². The van der Waals surface area contributed by atoms with E-state index in [1.807, 2.05) is 96.1 Å². The van der Waals surface area contributed by atoms with E-state index >= 15 is 0 Å². The maximum Gasteiger partial charge on any atom is 0.410 e. The molecule has 3 atom stereocenters. The van der Waals surface area contributed by atoms with E-state index in [0.717, 1.165) is 16.9 Å². The maximum atomic E-state index is 14.7. The van der Waals surface area contributed by atoms with Crippen LogP contribution in [0.2, 0.25) is 0 Å². The molecule has 50 heavy (non-hydrogen) atoms. The summed E-state index contributed by atoms with van der Waals surface area (Å²) in [7, 11) is 4.76. The molecular formula is C39H57N3O7S. The lowest BCUT2D eigenvalue weighted by molar-refractivity contribution is -0.139. The Morgan fingerprint density at radius 2 is 1.46 bits per heavy atom. The Hall–Kier alpha value is -3.99. The predicted octanol–water partition coefficient (Wildman–Crippen LogP) is 6.92. The first kappa shape index (κ1) is 42.2. The Morgan fingerprint density at radius 1 is 0.900 bits per heavy atom. The van der Waals surface area contributed by atoms with Crippen molar-refractivity contribution in [2.24, 2.45) is 5.92 Å². The fourth-order valence-corrected chi connectivity index (χ4v) is 6.77. The fraction of sp³-hybridized carbons (Fsp3) is 0.538. The monoisotopic (exact) mass is 711 g/mol. The lowest BCUT2D eigenvalue weighted by Crippen LogP contribution is -2.64. The molecule has 11 heteroatoms. The van der Waals surface area contributed by atoms with Crippen LogP contribution in [-0.4, -0.2) is 88.5 Å². The van der Waals surface area contributed by atoms with Gasteiger partial charge in [-0.25, -0.2) is 9.59 Å². The molecule has 0 bridgehead atoms. The predicted molar refractivity (Wildman–Crippen MR) is 200 cm³/mol. The highest BCUT2D eigenvalue weighted by atomic mass is 32.2. The number of hydrogen-bond donors (Lipinski definition) is 2. The van der Waals surface area contributed by atoms with Gasteiger partial charge in [-0.15, -0.1) is 11.8 Å². The molecule has 0 unspecified atom stereocenters. The van der Waals surface area contributed by atoms with Crippen molar-refractivity contribution in [3.05, 3.63) is 77.4 Å². The summed E-state index contributed by atoms with van der Waals surface area (Å²) in [6.07, 6.45) is 0.891. The third-order valence-electron chi connectivity index (χ3n) is 8.75. The van der Waals surface area contributed by atoms with Gasteiger partial charge in [-0.05, 0) is 70.7 Å². The van der Waals surface area contributed by atoms with Crippen LogP contribution in [0.5, 0.6) is 5.75 Å². The van der Waals surface area contributed by atoms with Gasteiger partial charge >= 0.3 is 12.1 Å². The molecule has 0 fully saturated rings. The Labute approximate surface area is 303 Å². The summed E-state index contributed by atoms with van der Waals surface area (Å²) in [6.45, 7) is 18.1. The number of nitrogens with one attached hydrogen (secondary N) is 1. The number of rotatable bonds is 15. The second-order valence-corrected chi connectivity index (χ2v) is 16.7. The second-order valence-electron chi connectivity index (χ2n) is 15.1. The summed E-state index contributed by atoms with van der Waals surface area (Å²) in [5, 5.41) is 12.7. The van der Waals surface area contributed by atoms with Gasteiger partial charge in [0.05, 0.1) is 13.2 Å². The van der Waals surface area contributed by atoms with E-state index in [1.54, 1.807) is 41.0 Å². The van der Waals surface area contributed by atoms with Gasteiger partial charge in [-0.2, -0.15) is 0 Å². The highest BCUT2D eigenvalue weighted by molar-refractivity contribution is 7.99. The third kappa shape index (κ3) is 11.3. The second kappa shape index (κ2) is 17.3. The summed E-state index contributed by atoms with van der Waals surface area (Å²) < 4.78 is 10.1. The Kier molecular flexibility index (Phi) is 14.6. The maximum absolute atomic E-state index is 14.7. The lowest BCUT2D eigenvalue weighted by Gasteiger charge is -2.43. The van der Waals surface area contributed by atoms with Gasteiger partial charge in [-0.3, -0.25) is 14.5 Å². The Morgan fingerprint density at radius 3 is 1.94 bits per heavy atom. The summed E-state index contributed by atoms with van der Waals surface area (Å²) >= 11 is 1.50. The zero-order valence-electron chi connectivity index (χ0n) is 32.0. The van der Waals surface area contributed by atoms with Crippen molar-refractivity contribution < 1.29 is 33.8 Å². The number of carboxylic acid groups (broad SMARTS) is 1. The molecule has 0 radical (unpaired) electrons. The first-order chi connectivity index (χ1) is 23.0. The molecule has 2 aromatic carbocycles. The standard InChI is InChI=1S/C39H57N3O7S/c1-25(2)30(23-26(3)35(45)46)41(11)34(44)31(39(9,10)50-24-27-19-21-29(48-13)22-20-27)40-33(43)32(42(12)36(47)49-37(4,5)6)38(7,8)28-17-15-14-16-18-28/h14-23,25,30-32H,24H2,1-13H3,(H,40,43)(H,45,46)/b26-23+/t30-,31-,32-/m1/s1. The van der Waals surface area contributed by atoms with Gasteiger partial charge in [0.25, 0.3) is 0 Å². The number of likely N-dealkylation sites (N-methyl/N-ethyl adjacent to an activating group) is 2. The highest BCUT2D eigenvalue weighted by Crippen LogP contribution is 2.35. The number of carboxylic acids is 1. The van der Waals surface area contributed by atoms with Crippen molar-refractivity contribution in [2.75, 3.05) is 21.2 Å². The van der Waals surface area contributed by atoms with Crippen LogP contribution in [0.1, 0.15) is 80.4 Å². The minimum absolute atomic E-state index is 0.112.